The van der Waals surface area contributed by atoms with Crippen LogP contribution < -0.4 is 11.4 Å². The first-order chi connectivity index (χ1) is 9.97. The van der Waals surface area contributed by atoms with Crippen LogP contribution in [0, 0.1) is 17.8 Å². The molecule has 2 rings (SSSR count). The normalized spacial score (nSPS) is 31.7. The smallest absolute Gasteiger partial charge is 0.354 e. The summed E-state index contributed by atoms with van der Waals surface area (Å²) in [6.07, 6.45) is -0.658. The van der Waals surface area contributed by atoms with Gasteiger partial charge in [-0.25, -0.2) is 9.78 Å². The summed E-state index contributed by atoms with van der Waals surface area (Å²) in [6.45, 7) is 0.848. The van der Waals surface area contributed by atoms with Crippen LogP contribution in [0.4, 0.5) is 5.95 Å². The average Bonchev–Trinajstić information content (AvgIpc) is 2.71. The van der Waals surface area contributed by atoms with Crippen LogP contribution in [0.3, 0.4) is 0 Å². The van der Waals surface area contributed by atoms with E-state index in [0.717, 1.165) is 10.9 Å². The van der Waals surface area contributed by atoms with Gasteiger partial charge in [0.05, 0.1) is 19.3 Å². The van der Waals surface area contributed by atoms with Gasteiger partial charge in [0.1, 0.15) is 6.33 Å². The fraction of sp³-hybridized carbons (Fsp3) is 0.583. The minimum absolute atomic E-state index is 0.173. The average molecular weight is 315 g/mol. The van der Waals surface area contributed by atoms with Gasteiger partial charge in [0, 0.05) is 5.92 Å². The van der Waals surface area contributed by atoms with E-state index in [2.05, 4.69) is 21.8 Å². The minimum atomic E-state index is -1.39. The van der Waals surface area contributed by atoms with Crippen LogP contribution in [0.25, 0.3) is 0 Å². The van der Waals surface area contributed by atoms with Crippen LogP contribution in [0.2, 0.25) is 0 Å². The van der Waals surface area contributed by atoms with Gasteiger partial charge >= 0.3 is 5.69 Å². The molecule has 2 heterocycles. The van der Waals surface area contributed by atoms with E-state index in [9.17, 15) is 15.0 Å². The number of ether oxygens (including phenoxy) is 1. The van der Waals surface area contributed by atoms with Crippen molar-refractivity contribution in [2.45, 2.75) is 24.1 Å². The highest BCUT2D eigenvalue weighted by Gasteiger charge is 2.56. The molecule has 2 unspecified atom stereocenters. The maximum atomic E-state index is 11.9. The van der Waals surface area contributed by atoms with E-state index in [0.29, 0.717) is 0 Å². The Bertz CT molecular complexity index is 640. The van der Waals surface area contributed by atoms with Crippen molar-refractivity contribution in [1.29, 1.82) is 0 Å². The third-order valence-corrected chi connectivity index (χ3v) is 3.90. The molecule has 1 aliphatic rings. The standard InChI is InChI=1S/C12H15ClN4O4/c1-2-3-12(13)7(4-18)8(5-19)21-9(12)17-6-15-10(14)16-11(17)20/h6-9,18-19H,4-5H2,1H3,(H2,14,16,20)/t7?,8-,9-,12?/m1/s1. The summed E-state index contributed by atoms with van der Waals surface area (Å²) in [5.74, 6) is 4.56. The Morgan fingerprint density at radius 1 is 1.57 bits per heavy atom. The third-order valence-electron chi connectivity index (χ3n) is 3.34. The molecule has 4 N–H and O–H groups in total. The van der Waals surface area contributed by atoms with E-state index in [4.69, 9.17) is 22.1 Å². The van der Waals surface area contributed by atoms with E-state index in [-0.39, 0.29) is 19.2 Å². The molecule has 1 aromatic heterocycles. The number of nitrogen functional groups attached to an aromatic ring is 1. The SMILES string of the molecule is CC#CC1(Cl)C(CO)[C@@H](CO)O[C@H]1n1cnc(N)nc1=O. The molecule has 0 bridgehead atoms. The van der Waals surface area contributed by atoms with Gasteiger partial charge in [-0.3, -0.25) is 4.57 Å². The molecule has 0 aliphatic carbocycles. The van der Waals surface area contributed by atoms with E-state index in [1.54, 1.807) is 6.92 Å². The lowest BCUT2D eigenvalue weighted by molar-refractivity contribution is -0.0384. The van der Waals surface area contributed by atoms with Crippen LogP contribution in [-0.2, 0) is 4.74 Å². The number of nitrogens with two attached hydrogens (primary N) is 1. The van der Waals surface area contributed by atoms with Crippen molar-refractivity contribution in [1.82, 2.24) is 14.5 Å². The van der Waals surface area contributed by atoms with Crippen molar-refractivity contribution < 1.29 is 14.9 Å². The predicted molar refractivity (Wildman–Crippen MR) is 74.3 cm³/mol. The zero-order chi connectivity index (χ0) is 15.6. The second-order valence-corrected chi connectivity index (χ2v) is 5.17. The maximum Gasteiger partial charge on any atom is 0.354 e. The van der Waals surface area contributed by atoms with Crippen LogP contribution in [0.5, 0.6) is 0 Å². The predicted octanol–water partition coefficient (Wildman–Crippen LogP) is -1.28. The molecule has 0 saturated carbocycles. The Labute approximate surface area is 125 Å². The Morgan fingerprint density at radius 3 is 2.81 bits per heavy atom. The third kappa shape index (κ3) is 2.61. The highest BCUT2D eigenvalue weighted by molar-refractivity contribution is 6.26. The van der Waals surface area contributed by atoms with E-state index < -0.39 is 28.8 Å². The molecule has 1 fully saturated rings. The van der Waals surface area contributed by atoms with Gasteiger partial charge in [-0.1, -0.05) is 17.5 Å². The summed E-state index contributed by atoms with van der Waals surface area (Å²) in [4.78, 5) is 17.8. The van der Waals surface area contributed by atoms with Gasteiger partial charge in [0.15, 0.2) is 11.1 Å². The van der Waals surface area contributed by atoms with E-state index in [1.165, 1.54) is 0 Å². The monoisotopic (exact) mass is 314 g/mol. The topological polar surface area (TPSA) is 123 Å². The van der Waals surface area contributed by atoms with Crippen LogP contribution in [-0.4, -0.2) is 48.9 Å². The second kappa shape index (κ2) is 5.99. The molecule has 1 aliphatic heterocycles. The molecule has 0 radical (unpaired) electrons. The summed E-state index contributed by atoms with van der Waals surface area (Å²) in [5.41, 5.74) is 4.64. The Balaban J connectivity index is 2.54. The quantitative estimate of drug-likeness (QED) is 0.469. The van der Waals surface area contributed by atoms with Crippen molar-refractivity contribution >= 4 is 17.5 Å². The number of aromatic nitrogens is 3. The molecule has 8 nitrogen and oxygen atoms in total. The first-order valence-corrected chi connectivity index (χ1v) is 6.56. The van der Waals surface area contributed by atoms with Crippen molar-refractivity contribution in [2.75, 3.05) is 18.9 Å². The van der Waals surface area contributed by atoms with Gasteiger partial charge in [-0.15, -0.1) is 5.92 Å². The van der Waals surface area contributed by atoms with E-state index >= 15 is 0 Å². The van der Waals surface area contributed by atoms with Gasteiger partial charge in [-0.2, -0.15) is 4.98 Å². The summed E-state index contributed by atoms with van der Waals surface area (Å²) in [5, 5.41) is 18.9. The molecule has 21 heavy (non-hydrogen) atoms. The number of aliphatic hydroxyl groups is 2. The van der Waals surface area contributed by atoms with Gasteiger partial charge in [0.2, 0.25) is 5.95 Å². The molecule has 114 valence electrons. The molecular weight excluding hydrogens is 300 g/mol. The van der Waals surface area contributed by atoms with Gasteiger partial charge < -0.3 is 20.7 Å². The van der Waals surface area contributed by atoms with Crippen LogP contribution >= 0.6 is 11.6 Å². The second-order valence-electron chi connectivity index (χ2n) is 4.55. The zero-order valence-electron chi connectivity index (χ0n) is 11.2. The number of halogens is 1. The molecule has 1 aromatic rings. The number of anilines is 1. The van der Waals surface area contributed by atoms with Crippen LogP contribution in [0.1, 0.15) is 13.2 Å². The first kappa shape index (κ1) is 15.7. The summed E-state index contributed by atoms with van der Waals surface area (Å²) >= 11 is 6.51. The molecule has 1 saturated heterocycles. The molecular formula is C12H15ClN4O4. The molecule has 0 aromatic carbocycles. The number of hydrogen-bond acceptors (Lipinski definition) is 7. The number of rotatable bonds is 3. The first-order valence-electron chi connectivity index (χ1n) is 6.18. The zero-order valence-corrected chi connectivity index (χ0v) is 12.0. The summed E-state index contributed by atoms with van der Waals surface area (Å²) in [6, 6.07) is 0. The lowest BCUT2D eigenvalue weighted by Crippen LogP contribution is -2.42. The Hall–Kier alpha value is -1.66. The largest absolute Gasteiger partial charge is 0.396 e. The van der Waals surface area contributed by atoms with Crippen molar-refractivity contribution in [3.63, 3.8) is 0 Å². The Morgan fingerprint density at radius 2 is 2.29 bits per heavy atom. The maximum absolute atomic E-state index is 11.9. The highest BCUT2D eigenvalue weighted by atomic mass is 35.5. The minimum Gasteiger partial charge on any atom is -0.396 e. The molecule has 4 atom stereocenters. The fourth-order valence-corrected chi connectivity index (χ4v) is 2.82. The number of hydrogen-bond donors (Lipinski definition) is 3. The van der Waals surface area contributed by atoms with E-state index in [1.807, 2.05) is 0 Å². The Kier molecular flexibility index (Phi) is 4.49. The molecule has 0 spiro atoms. The molecule has 9 heteroatoms. The van der Waals surface area contributed by atoms with Gasteiger partial charge in [-0.05, 0) is 6.92 Å². The fourth-order valence-electron chi connectivity index (χ4n) is 2.36. The molecule has 0 amide bonds. The number of alkyl halides is 1. The van der Waals surface area contributed by atoms with Crippen molar-refractivity contribution in [3.8, 4) is 11.8 Å². The van der Waals surface area contributed by atoms with Crippen LogP contribution in [0.15, 0.2) is 11.1 Å². The lowest BCUT2D eigenvalue weighted by atomic mass is 9.89. The highest BCUT2D eigenvalue weighted by Crippen LogP contribution is 2.46. The summed E-state index contributed by atoms with van der Waals surface area (Å²) < 4.78 is 6.63. The lowest BCUT2D eigenvalue weighted by Gasteiger charge is -2.27. The van der Waals surface area contributed by atoms with Crippen molar-refractivity contribution in [3.05, 3.63) is 16.8 Å². The number of nitrogens with zero attached hydrogens (tertiary/aromatic N) is 3. The number of aliphatic hydroxyl groups excluding tert-OH is 2. The van der Waals surface area contributed by atoms with Crippen molar-refractivity contribution in [2.24, 2.45) is 5.92 Å². The summed E-state index contributed by atoms with van der Waals surface area (Å²) in [7, 11) is 0. The van der Waals surface area contributed by atoms with Gasteiger partial charge in [0.25, 0.3) is 0 Å².